The number of carbonyl (C=O) groups is 3. The van der Waals surface area contributed by atoms with Gasteiger partial charge in [0.25, 0.3) is 5.91 Å². The summed E-state index contributed by atoms with van der Waals surface area (Å²) in [5.74, 6) is -0.500. The first kappa shape index (κ1) is 16.2. The lowest BCUT2D eigenvalue weighted by Crippen LogP contribution is -2.44. The number of Topliss-reactive ketones (excluding diaryl/α,β-unsaturated/α-hetero) is 1. The molecular weight excluding hydrogens is 280 g/mol. The number of rotatable bonds is 4. The summed E-state index contributed by atoms with van der Waals surface area (Å²) in [7, 11) is 0. The van der Waals surface area contributed by atoms with E-state index in [-0.39, 0.29) is 18.2 Å². The summed E-state index contributed by atoms with van der Waals surface area (Å²) in [5.41, 5.74) is -0.928. The van der Waals surface area contributed by atoms with Crippen LogP contribution in [-0.2, 0) is 15.1 Å². The average Bonchev–Trinajstić information content (AvgIpc) is 2.72. The van der Waals surface area contributed by atoms with Crippen LogP contribution in [0.4, 0.5) is 4.79 Å². The van der Waals surface area contributed by atoms with Crippen molar-refractivity contribution in [3.05, 3.63) is 35.9 Å². The molecule has 3 amide bonds. The molecule has 0 aromatic heterocycles. The van der Waals surface area contributed by atoms with E-state index in [1.165, 1.54) is 0 Å². The Kier molecular flexibility index (Phi) is 4.09. The summed E-state index contributed by atoms with van der Waals surface area (Å²) in [6.07, 6.45) is 0.432. The minimum absolute atomic E-state index is 0.143. The standard InChI is InChI=1S/C17H22N2O3/c1-5-17(12-9-7-6-8-10-12)14(21)19(15(22)18-17)11-13(20)16(2,3)4/h6-10H,5,11H2,1-4H3,(H,18,22)/t17-/m1/s1. The number of nitrogens with one attached hydrogen (secondary N) is 1. The lowest BCUT2D eigenvalue weighted by molar-refractivity contribution is -0.137. The van der Waals surface area contributed by atoms with Crippen molar-refractivity contribution in [3.8, 4) is 0 Å². The number of amides is 3. The van der Waals surface area contributed by atoms with Gasteiger partial charge in [-0.15, -0.1) is 0 Å². The molecule has 0 unspecified atom stereocenters. The van der Waals surface area contributed by atoms with Gasteiger partial charge in [-0.25, -0.2) is 4.79 Å². The van der Waals surface area contributed by atoms with Crippen LogP contribution in [0.15, 0.2) is 30.3 Å². The van der Waals surface area contributed by atoms with Gasteiger partial charge in [0.1, 0.15) is 5.54 Å². The highest BCUT2D eigenvalue weighted by atomic mass is 16.2. The van der Waals surface area contributed by atoms with Gasteiger partial charge in [-0.3, -0.25) is 14.5 Å². The summed E-state index contributed by atoms with van der Waals surface area (Å²) in [5, 5.41) is 2.78. The fourth-order valence-electron chi connectivity index (χ4n) is 2.51. The van der Waals surface area contributed by atoms with Gasteiger partial charge in [0.2, 0.25) is 0 Å². The second kappa shape index (κ2) is 5.55. The van der Waals surface area contributed by atoms with E-state index in [4.69, 9.17) is 0 Å². The third-order valence-corrected chi connectivity index (χ3v) is 4.11. The second-order valence-electron chi connectivity index (χ2n) is 6.62. The van der Waals surface area contributed by atoms with E-state index in [9.17, 15) is 14.4 Å². The number of imide groups is 1. The van der Waals surface area contributed by atoms with E-state index in [0.29, 0.717) is 6.42 Å². The fraction of sp³-hybridized carbons (Fsp3) is 0.471. The van der Waals surface area contributed by atoms with Gasteiger partial charge >= 0.3 is 6.03 Å². The lowest BCUT2D eigenvalue weighted by Gasteiger charge is -2.26. The van der Waals surface area contributed by atoms with Crippen LogP contribution in [0.2, 0.25) is 0 Å². The molecule has 1 aromatic carbocycles. The van der Waals surface area contributed by atoms with Crippen LogP contribution in [0.25, 0.3) is 0 Å². The molecule has 2 rings (SSSR count). The third kappa shape index (κ3) is 2.63. The Balaban J connectivity index is 2.33. The highest BCUT2D eigenvalue weighted by Crippen LogP contribution is 2.32. The molecule has 0 aliphatic carbocycles. The predicted molar refractivity (Wildman–Crippen MR) is 83.1 cm³/mol. The van der Waals surface area contributed by atoms with E-state index >= 15 is 0 Å². The zero-order chi connectivity index (χ0) is 16.5. The highest BCUT2D eigenvalue weighted by Gasteiger charge is 2.51. The van der Waals surface area contributed by atoms with Crippen LogP contribution in [0.5, 0.6) is 0 Å². The molecule has 0 bridgehead atoms. The molecule has 1 atom stereocenters. The molecule has 5 heteroatoms. The first-order chi connectivity index (χ1) is 10.2. The van der Waals surface area contributed by atoms with Crippen LogP contribution < -0.4 is 5.32 Å². The molecule has 0 radical (unpaired) electrons. The van der Waals surface area contributed by atoms with E-state index in [1.54, 1.807) is 20.8 Å². The van der Waals surface area contributed by atoms with Crippen molar-refractivity contribution in [1.29, 1.82) is 0 Å². The molecule has 1 aromatic rings. The molecule has 0 saturated carbocycles. The summed E-state index contributed by atoms with van der Waals surface area (Å²) >= 11 is 0. The molecule has 1 saturated heterocycles. The zero-order valence-corrected chi connectivity index (χ0v) is 13.5. The topological polar surface area (TPSA) is 66.5 Å². The second-order valence-corrected chi connectivity index (χ2v) is 6.62. The van der Waals surface area contributed by atoms with Crippen molar-refractivity contribution in [1.82, 2.24) is 10.2 Å². The Hall–Kier alpha value is -2.17. The van der Waals surface area contributed by atoms with Crippen LogP contribution in [0, 0.1) is 5.41 Å². The van der Waals surface area contributed by atoms with Crippen molar-refractivity contribution < 1.29 is 14.4 Å². The summed E-state index contributed by atoms with van der Waals surface area (Å²) in [4.78, 5) is 38.3. The van der Waals surface area contributed by atoms with E-state index < -0.39 is 17.0 Å². The average molecular weight is 302 g/mol. The van der Waals surface area contributed by atoms with Crippen LogP contribution in [0.1, 0.15) is 39.7 Å². The molecule has 1 heterocycles. The third-order valence-electron chi connectivity index (χ3n) is 4.11. The number of carbonyl (C=O) groups excluding carboxylic acids is 3. The van der Waals surface area contributed by atoms with Crippen molar-refractivity contribution in [2.24, 2.45) is 5.41 Å². The smallest absolute Gasteiger partial charge is 0.319 e. The Morgan fingerprint density at radius 2 is 1.77 bits per heavy atom. The van der Waals surface area contributed by atoms with Gasteiger partial charge in [0, 0.05) is 5.41 Å². The Morgan fingerprint density at radius 3 is 2.27 bits per heavy atom. The maximum absolute atomic E-state index is 12.8. The van der Waals surface area contributed by atoms with E-state index in [0.717, 1.165) is 10.5 Å². The zero-order valence-electron chi connectivity index (χ0n) is 13.5. The van der Waals surface area contributed by atoms with Crippen LogP contribution in [0.3, 0.4) is 0 Å². The number of hydrogen-bond donors (Lipinski definition) is 1. The minimum atomic E-state index is -1.07. The molecule has 1 aliphatic heterocycles. The Bertz CT molecular complexity index is 604. The van der Waals surface area contributed by atoms with Crippen LogP contribution in [-0.4, -0.2) is 29.2 Å². The molecule has 1 N–H and O–H groups in total. The predicted octanol–water partition coefficient (Wildman–Crippen LogP) is 2.46. The molecule has 1 fully saturated rings. The maximum atomic E-state index is 12.8. The van der Waals surface area contributed by atoms with Crippen molar-refractivity contribution in [3.63, 3.8) is 0 Å². The van der Waals surface area contributed by atoms with E-state index in [2.05, 4.69) is 5.32 Å². The lowest BCUT2D eigenvalue weighted by atomic mass is 9.86. The first-order valence-corrected chi connectivity index (χ1v) is 7.45. The summed E-state index contributed by atoms with van der Waals surface area (Å²) in [6.45, 7) is 6.98. The van der Waals surface area contributed by atoms with E-state index in [1.807, 2.05) is 37.3 Å². The molecule has 22 heavy (non-hydrogen) atoms. The SMILES string of the molecule is CC[C@]1(c2ccccc2)NC(=O)N(CC(=O)C(C)(C)C)C1=O. The molecular formula is C17H22N2O3. The van der Waals surface area contributed by atoms with Crippen molar-refractivity contribution in [2.45, 2.75) is 39.7 Å². The number of urea groups is 1. The quantitative estimate of drug-likeness (QED) is 0.869. The van der Waals surface area contributed by atoms with Crippen molar-refractivity contribution in [2.75, 3.05) is 6.54 Å². The normalized spacial score (nSPS) is 21.9. The van der Waals surface area contributed by atoms with Crippen molar-refractivity contribution >= 4 is 17.7 Å². The highest BCUT2D eigenvalue weighted by molar-refractivity contribution is 6.09. The maximum Gasteiger partial charge on any atom is 0.325 e. The summed E-state index contributed by atoms with van der Waals surface area (Å²) in [6, 6.07) is 8.64. The minimum Gasteiger partial charge on any atom is -0.319 e. The number of hydrogen-bond acceptors (Lipinski definition) is 3. The van der Waals surface area contributed by atoms with Gasteiger partial charge in [-0.05, 0) is 12.0 Å². The fourth-order valence-corrected chi connectivity index (χ4v) is 2.51. The largest absolute Gasteiger partial charge is 0.325 e. The molecule has 0 spiro atoms. The van der Waals surface area contributed by atoms with Gasteiger partial charge in [0.05, 0.1) is 6.54 Å². The van der Waals surface area contributed by atoms with Crippen LogP contribution >= 0.6 is 0 Å². The van der Waals surface area contributed by atoms with Gasteiger partial charge in [-0.2, -0.15) is 0 Å². The van der Waals surface area contributed by atoms with Gasteiger partial charge in [-0.1, -0.05) is 58.0 Å². The summed E-state index contributed by atoms with van der Waals surface area (Å²) < 4.78 is 0. The number of benzene rings is 1. The molecule has 118 valence electrons. The molecule has 1 aliphatic rings. The van der Waals surface area contributed by atoms with Gasteiger partial charge in [0.15, 0.2) is 5.78 Å². The van der Waals surface area contributed by atoms with Gasteiger partial charge < -0.3 is 5.32 Å². The Morgan fingerprint density at radius 1 is 1.18 bits per heavy atom. The monoisotopic (exact) mass is 302 g/mol. The number of ketones is 1. The number of nitrogens with zero attached hydrogens (tertiary/aromatic N) is 1. The first-order valence-electron chi connectivity index (χ1n) is 7.45. The molecule has 5 nitrogen and oxygen atoms in total. The Labute approximate surface area is 130 Å².